The summed E-state index contributed by atoms with van der Waals surface area (Å²) < 4.78 is 5.59. The molecule has 3 heterocycles. The molecule has 0 bridgehead atoms. The van der Waals surface area contributed by atoms with Crippen molar-refractivity contribution in [2.24, 2.45) is 5.73 Å². The Bertz CT molecular complexity index is 807. The van der Waals surface area contributed by atoms with E-state index < -0.39 is 0 Å². The van der Waals surface area contributed by atoms with Crippen molar-refractivity contribution < 1.29 is 4.74 Å². The van der Waals surface area contributed by atoms with Gasteiger partial charge in [-0.1, -0.05) is 0 Å². The minimum absolute atomic E-state index is 0.117. The number of hydrogen-bond donors (Lipinski definition) is 2. The molecule has 5 nitrogen and oxygen atoms in total. The first-order valence-corrected chi connectivity index (χ1v) is 9.41. The van der Waals surface area contributed by atoms with Crippen LogP contribution in [0.5, 0.6) is 5.75 Å². The van der Waals surface area contributed by atoms with Crippen LogP contribution in [0, 0.1) is 6.92 Å². The molecular formula is C21H28N4O. The predicted molar refractivity (Wildman–Crippen MR) is 105 cm³/mol. The smallest absolute Gasteiger partial charge is 0.142 e. The van der Waals surface area contributed by atoms with Crippen LogP contribution in [0.15, 0.2) is 30.5 Å². The molecule has 0 unspecified atom stereocenters. The monoisotopic (exact) mass is 352 g/mol. The predicted octanol–water partition coefficient (Wildman–Crippen LogP) is 2.85. The summed E-state index contributed by atoms with van der Waals surface area (Å²) in [5.41, 5.74) is 12.9. The number of nitrogens with zero attached hydrogens (tertiary/aromatic N) is 2. The van der Waals surface area contributed by atoms with Crippen molar-refractivity contribution in [2.45, 2.75) is 37.8 Å². The number of nitrogens with one attached hydrogen (secondary N) is 1. The molecule has 2 aliphatic rings. The number of benzene rings is 1. The number of pyridine rings is 1. The number of piperidine rings is 1. The van der Waals surface area contributed by atoms with Crippen LogP contribution in [-0.2, 0) is 6.42 Å². The standard InChI is InChI=1S/C21H28N4O/c1-13-4-6-24-18(8-13)16-12-25-7-5-14-9-19(23-2)21(26-3)10-15(14)20(25)11-17(16)22/h4,6,8-10,16-17,20,23H,5,7,11-12,22H2,1-3H3/t16-,17-,20-/m0/s1. The van der Waals surface area contributed by atoms with Crippen molar-refractivity contribution in [3.63, 3.8) is 0 Å². The van der Waals surface area contributed by atoms with Crippen LogP contribution in [0.2, 0.25) is 0 Å². The maximum atomic E-state index is 6.64. The minimum Gasteiger partial charge on any atom is -0.495 e. The number of nitrogens with two attached hydrogens (primary N) is 1. The second-order valence-corrected chi connectivity index (χ2v) is 7.53. The third-order valence-electron chi connectivity index (χ3n) is 5.96. The number of aryl methyl sites for hydroxylation is 1. The highest BCUT2D eigenvalue weighted by Crippen LogP contribution is 2.43. The number of methoxy groups -OCH3 is 1. The molecular weight excluding hydrogens is 324 g/mol. The highest BCUT2D eigenvalue weighted by atomic mass is 16.5. The zero-order chi connectivity index (χ0) is 18.3. The van der Waals surface area contributed by atoms with Gasteiger partial charge in [0.15, 0.2) is 0 Å². The van der Waals surface area contributed by atoms with Crippen molar-refractivity contribution in [3.05, 3.63) is 52.8 Å². The van der Waals surface area contributed by atoms with Gasteiger partial charge in [-0.25, -0.2) is 0 Å². The largest absolute Gasteiger partial charge is 0.495 e. The van der Waals surface area contributed by atoms with Gasteiger partial charge in [-0.2, -0.15) is 0 Å². The third-order valence-corrected chi connectivity index (χ3v) is 5.96. The summed E-state index contributed by atoms with van der Waals surface area (Å²) in [5, 5.41) is 3.24. The van der Waals surface area contributed by atoms with Gasteiger partial charge in [-0.3, -0.25) is 9.88 Å². The maximum Gasteiger partial charge on any atom is 0.142 e. The quantitative estimate of drug-likeness (QED) is 0.889. The van der Waals surface area contributed by atoms with Crippen molar-refractivity contribution >= 4 is 5.69 Å². The molecule has 1 aromatic heterocycles. The van der Waals surface area contributed by atoms with Crippen molar-refractivity contribution in [1.82, 2.24) is 9.88 Å². The topological polar surface area (TPSA) is 63.4 Å². The van der Waals surface area contributed by atoms with E-state index in [0.717, 1.165) is 43.1 Å². The summed E-state index contributed by atoms with van der Waals surface area (Å²) >= 11 is 0. The van der Waals surface area contributed by atoms with Crippen LogP contribution in [0.1, 0.15) is 40.8 Å². The van der Waals surface area contributed by atoms with Crippen LogP contribution in [-0.4, -0.2) is 43.2 Å². The van der Waals surface area contributed by atoms with E-state index in [2.05, 4.69) is 40.3 Å². The van der Waals surface area contributed by atoms with E-state index in [1.54, 1.807) is 7.11 Å². The molecule has 3 N–H and O–H groups in total. The van der Waals surface area contributed by atoms with E-state index >= 15 is 0 Å². The fourth-order valence-electron chi connectivity index (χ4n) is 4.53. The third kappa shape index (κ3) is 2.95. The van der Waals surface area contributed by atoms with Gasteiger partial charge in [0.1, 0.15) is 5.75 Å². The molecule has 0 spiro atoms. The Kier molecular flexibility index (Phi) is 4.59. The Labute approximate surface area is 155 Å². The van der Waals surface area contributed by atoms with Crippen LogP contribution >= 0.6 is 0 Å². The summed E-state index contributed by atoms with van der Waals surface area (Å²) in [6, 6.07) is 9.16. The molecule has 5 heteroatoms. The summed E-state index contributed by atoms with van der Waals surface area (Å²) in [5.74, 6) is 1.20. The van der Waals surface area contributed by atoms with E-state index in [0.29, 0.717) is 12.0 Å². The molecule has 0 amide bonds. The molecule has 138 valence electrons. The Balaban J connectivity index is 1.64. The Morgan fingerprint density at radius 2 is 2.15 bits per heavy atom. The van der Waals surface area contributed by atoms with Gasteiger partial charge < -0.3 is 15.8 Å². The van der Waals surface area contributed by atoms with Gasteiger partial charge in [0.25, 0.3) is 0 Å². The molecule has 4 rings (SSSR count). The van der Waals surface area contributed by atoms with Crippen LogP contribution in [0.3, 0.4) is 0 Å². The normalized spacial score (nSPS) is 25.3. The van der Waals surface area contributed by atoms with E-state index in [1.807, 2.05) is 19.3 Å². The molecule has 0 radical (unpaired) electrons. The first kappa shape index (κ1) is 17.3. The lowest BCUT2D eigenvalue weighted by molar-refractivity contribution is 0.108. The molecule has 3 atom stereocenters. The van der Waals surface area contributed by atoms with Crippen molar-refractivity contribution in [2.75, 3.05) is 32.6 Å². The zero-order valence-electron chi connectivity index (χ0n) is 15.8. The Hall–Kier alpha value is -2.11. The van der Waals surface area contributed by atoms with Crippen molar-refractivity contribution in [3.8, 4) is 5.75 Å². The summed E-state index contributed by atoms with van der Waals surface area (Å²) in [6.45, 7) is 4.16. The molecule has 0 aliphatic carbocycles. The van der Waals surface area contributed by atoms with E-state index in [9.17, 15) is 0 Å². The molecule has 0 saturated carbocycles. The summed E-state index contributed by atoms with van der Waals surface area (Å²) in [6.07, 6.45) is 3.92. The van der Waals surface area contributed by atoms with Gasteiger partial charge in [0.05, 0.1) is 12.8 Å². The van der Waals surface area contributed by atoms with Crippen molar-refractivity contribution in [1.29, 1.82) is 0 Å². The SMILES string of the molecule is CNc1cc2c(cc1OC)[C@@H]1C[C@H](N)[C@@H](c3cc(C)ccn3)CN1CC2. The molecule has 1 saturated heterocycles. The van der Waals surface area contributed by atoms with Gasteiger partial charge in [0.2, 0.25) is 0 Å². The van der Waals surface area contributed by atoms with Gasteiger partial charge in [-0.05, 0) is 60.7 Å². The molecule has 1 aromatic carbocycles. The summed E-state index contributed by atoms with van der Waals surface area (Å²) in [4.78, 5) is 7.19. The van der Waals surface area contributed by atoms with Gasteiger partial charge in [-0.15, -0.1) is 0 Å². The summed E-state index contributed by atoms with van der Waals surface area (Å²) in [7, 11) is 3.67. The van der Waals surface area contributed by atoms with Gasteiger partial charge >= 0.3 is 0 Å². The van der Waals surface area contributed by atoms with Crippen LogP contribution in [0.25, 0.3) is 0 Å². The first-order valence-electron chi connectivity index (χ1n) is 9.41. The second kappa shape index (κ2) is 6.89. The number of rotatable bonds is 3. The number of hydrogen-bond acceptors (Lipinski definition) is 5. The molecule has 2 aromatic rings. The average Bonchev–Trinajstić information content (AvgIpc) is 2.66. The Morgan fingerprint density at radius 3 is 2.88 bits per heavy atom. The lowest BCUT2D eigenvalue weighted by Crippen LogP contribution is -2.50. The number of ether oxygens (including phenoxy) is 1. The second-order valence-electron chi connectivity index (χ2n) is 7.53. The van der Waals surface area contributed by atoms with E-state index in [4.69, 9.17) is 10.5 Å². The Morgan fingerprint density at radius 1 is 1.31 bits per heavy atom. The molecule has 1 fully saturated rings. The lowest BCUT2D eigenvalue weighted by atomic mass is 9.79. The van der Waals surface area contributed by atoms with E-state index in [1.165, 1.54) is 16.7 Å². The maximum absolute atomic E-state index is 6.64. The minimum atomic E-state index is 0.117. The highest BCUT2D eigenvalue weighted by Gasteiger charge is 2.38. The average molecular weight is 352 g/mol. The fraction of sp³-hybridized carbons (Fsp3) is 0.476. The molecule has 2 aliphatic heterocycles. The zero-order valence-corrected chi connectivity index (χ0v) is 15.8. The number of anilines is 1. The number of fused-ring (bicyclic) bond motifs is 3. The van der Waals surface area contributed by atoms with Crippen LogP contribution < -0.4 is 15.8 Å². The fourth-order valence-corrected chi connectivity index (χ4v) is 4.53. The molecule has 26 heavy (non-hydrogen) atoms. The first-order chi connectivity index (χ1) is 12.6. The van der Waals surface area contributed by atoms with E-state index in [-0.39, 0.29) is 6.04 Å². The number of aromatic nitrogens is 1. The highest BCUT2D eigenvalue weighted by molar-refractivity contribution is 5.61. The lowest BCUT2D eigenvalue weighted by Gasteiger charge is -2.46. The van der Waals surface area contributed by atoms with Crippen LogP contribution in [0.4, 0.5) is 5.69 Å². The van der Waals surface area contributed by atoms with Gasteiger partial charge in [0, 0.05) is 50.0 Å².